The monoisotopic (exact) mass is 383 g/mol. The third-order valence-corrected chi connectivity index (χ3v) is 5.06. The number of carbonyl (C=O) groups excluding carboxylic acids is 1. The molecule has 28 heavy (non-hydrogen) atoms. The summed E-state index contributed by atoms with van der Waals surface area (Å²) in [5.41, 5.74) is 2.31. The first-order valence-corrected chi connectivity index (χ1v) is 9.57. The first kappa shape index (κ1) is 20.0. The van der Waals surface area contributed by atoms with Crippen molar-refractivity contribution < 1.29 is 14.3 Å². The van der Waals surface area contributed by atoms with Gasteiger partial charge in [0.15, 0.2) is 0 Å². The molecule has 0 aromatic heterocycles. The lowest BCUT2D eigenvalue weighted by atomic mass is 10.2. The van der Waals surface area contributed by atoms with Crippen LogP contribution in [0.15, 0.2) is 48.5 Å². The number of carbonyl (C=O) groups is 1. The lowest BCUT2D eigenvalue weighted by Gasteiger charge is -2.36. The van der Waals surface area contributed by atoms with Crippen LogP contribution in [0.2, 0.25) is 0 Å². The Bertz CT molecular complexity index is 771. The Morgan fingerprint density at radius 1 is 0.964 bits per heavy atom. The molecule has 1 fully saturated rings. The predicted molar refractivity (Wildman–Crippen MR) is 111 cm³/mol. The van der Waals surface area contributed by atoms with Crippen molar-refractivity contribution in [3.63, 3.8) is 0 Å². The molecule has 2 aromatic rings. The summed E-state index contributed by atoms with van der Waals surface area (Å²) >= 11 is 0. The molecule has 0 N–H and O–H groups in total. The second kappa shape index (κ2) is 9.46. The van der Waals surface area contributed by atoms with E-state index in [1.807, 2.05) is 47.2 Å². The van der Waals surface area contributed by atoms with Crippen molar-refractivity contribution in [3.05, 3.63) is 54.1 Å². The zero-order valence-electron chi connectivity index (χ0n) is 16.9. The third kappa shape index (κ3) is 5.16. The molecule has 0 bridgehead atoms. The van der Waals surface area contributed by atoms with Gasteiger partial charge in [0.25, 0.3) is 0 Å². The maximum absolute atomic E-state index is 12.7. The van der Waals surface area contributed by atoms with Gasteiger partial charge >= 0.3 is 0 Å². The van der Waals surface area contributed by atoms with Crippen molar-refractivity contribution >= 4 is 11.6 Å². The van der Waals surface area contributed by atoms with E-state index in [-0.39, 0.29) is 5.91 Å². The molecule has 0 aliphatic carbocycles. The van der Waals surface area contributed by atoms with Crippen LogP contribution in [-0.4, -0.2) is 69.7 Å². The zero-order chi connectivity index (χ0) is 19.9. The Morgan fingerprint density at radius 3 is 2.29 bits per heavy atom. The van der Waals surface area contributed by atoms with Gasteiger partial charge in [0, 0.05) is 38.4 Å². The van der Waals surface area contributed by atoms with Crippen molar-refractivity contribution in [3.8, 4) is 11.5 Å². The van der Waals surface area contributed by atoms with Crippen LogP contribution in [0.4, 0.5) is 5.69 Å². The number of piperazine rings is 1. The smallest absolute Gasteiger partial charge is 0.236 e. The number of benzene rings is 2. The molecule has 0 atom stereocenters. The van der Waals surface area contributed by atoms with E-state index in [2.05, 4.69) is 23.1 Å². The van der Waals surface area contributed by atoms with Gasteiger partial charge in [0.2, 0.25) is 5.91 Å². The topological polar surface area (TPSA) is 45.2 Å². The molecular formula is C22H29N3O3. The van der Waals surface area contributed by atoms with Crippen LogP contribution in [0.25, 0.3) is 0 Å². The van der Waals surface area contributed by atoms with E-state index < -0.39 is 0 Å². The van der Waals surface area contributed by atoms with E-state index in [9.17, 15) is 4.79 Å². The molecule has 0 spiro atoms. The molecule has 0 unspecified atom stereocenters. The Kier molecular flexibility index (Phi) is 6.76. The van der Waals surface area contributed by atoms with Crippen molar-refractivity contribution in [2.75, 3.05) is 58.9 Å². The molecular weight excluding hydrogens is 354 g/mol. The maximum atomic E-state index is 12.7. The van der Waals surface area contributed by atoms with Crippen LogP contribution in [-0.2, 0) is 11.3 Å². The maximum Gasteiger partial charge on any atom is 0.236 e. The second-order valence-electron chi connectivity index (χ2n) is 7.09. The summed E-state index contributed by atoms with van der Waals surface area (Å²) in [5.74, 6) is 1.88. The molecule has 6 heteroatoms. The van der Waals surface area contributed by atoms with Crippen LogP contribution in [0, 0.1) is 0 Å². The summed E-state index contributed by atoms with van der Waals surface area (Å²) in [5, 5.41) is 0. The molecule has 6 nitrogen and oxygen atoms in total. The Morgan fingerprint density at radius 2 is 1.64 bits per heavy atom. The summed E-state index contributed by atoms with van der Waals surface area (Å²) in [7, 11) is 5.31. The molecule has 150 valence electrons. The summed E-state index contributed by atoms with van der Waals surface area (Å²) in [6.07, 6.45) is 0. The standard InChI is InChI=1S/C22H29N3O3/c1-23(16-18-5-4-6-21(15-18)28-3)17-22(26)25-13-11-24(12-14-25)19-7-9-20(27-2)10-8-19/h4-10,15H,11-14,16-17H2,1-3H3. The van der Waals surface area contributed by atoms with E-state index in [0.29, 0.717) is 6.54 Å². The zero-order valence-corrected chi connectivity index (χ0v) is 16.9. The summed E-state index contributed by atoms with van der Waals surface area (Å²) in [6, 6.07) is 16.0. The molecule has 1 aliphatic rings. The first-order chi connectivity index (χ1) is 13.6. The number of methoxy groups -OCH3 is 2. The summed E-state index contributed by atoms with van der Waals surface area (Å²) in [6.45, 7) is 4.32. The van der Waals surface area contributed by atoms with Crippen LogP contribution in [0.5, 0.6) is 11.5 Å². The number of likely N-dealkylation sites (N-methyl/N-ethyl adjacent to an activating group) is 1. The van der Waals surface area contributed by atoms with Gasteiger partial charge in [-0.1, -0.05) is 12.1 Å². The Labute approximate surface area is 167 Å². The van der Waals surface area contributed by atoms with Crippen molar-refractivity contribution in [2.24, 2.45) is 0 Å². The van der Waals surface area contributed by atoms with Gasteiger partial charge in [-0.25, -0.2) is 0 Å². The highest BCUT2D eigenvalue weighted by Crippen LogP contribution is 2.20. The molecule has 1 saturated heterocycles. The van der Waals surface area contributed by atoms with Crippen LogP contribution < -0.4 is 14.4 Å². The largest absolute Gasteiger partial charge is 0.497 e. The third-order valence-electron chi connectivity index (χ3n) is 5.06. The van der Waals surface area contributed by atoms with Crippen LogP contribution >= 0.6 is 0 Å². The highest BCUT2D eigenvalue weighted by atomic mass is 16.5. The number of hydrogen-bond acceptors (Lipinski definition) is 5. The quantitative estimate of drug-likeness (QED) is 0.735. The lowest BCUT2D eigenvalue weighted by molar-refractivity contribution is -0.132. The Hall–Kier alpha value is -2.73. The van der Waals surface area contributed by atoms with Crippen molar-refractivity contribution in [1.82, 2.24) is 9.80 Å². The predicted octanol–water partition coefficient (Wildman–Crippen LogP) is 2.48. The molecule has 0 radical (unpaired) electrons. The normalized spacial score (nSPS) is 14.3. The van der Waals surface area contributed by atoms with E-state index in [1.54, 1.807) is 14.2 Å². The first-order valence-electron chi connectivity index (χ1n) is 9.57. The number of ether oxygens (including phenoxy) is 2. The van der Waals surface area contributed by atoms with Gasteiger partial charge in [-0.05, 0) is 49.0 Å². The van der Waals surface area contributed by atoms with Crippen molar-refractivity contribution in [1.29, 1.82) is 0 Å². The van der Waals surface area contributed by atoms with Crippen LogP contribution in [0.3, 0.4) is 0 Å². The fourth-order valence-electron chi connectivity index (χ4n) is 3.48. The average molecular weight is 383 g/mol. The van der Waals surface area contributed by atoms with Gasteiger partial charge in [-0.15, -0.1) is 0 Å². The van der Waals surface area contributed by atoms with E-state index in [0.717, 1.165) is 49.8 Å². The average Bonchev–Trinajstić information content (AvgIpc) is 2.74. The van der Waals surface area contributed by atoms with Gasteiger partial charge in [0.05, 0.1) is 20.8 Å². The SMILES string of the molecule is COc1ccc(N2CCN(C(=O)CN(C)Cc3cccc(OC)c3)CC2)cc1. The van der Waals surface area contributed by atoms with E-state index >= 15 is 0 Å². The number of nitrogens with zero attached hydrogens (tertiary/aromatic N) is 3. The number of anilines is 1. The molecule has 2 aromatic carbocycles. The van der Waals surface area contributed by atoms with E-state index in [4.69, 9.17) is 9.47 Å². The molecule has 0 saturated carbocycles. The number of hydrogen-bond donors (Lipinski definition) is 0. The van der Waals surface area contributed by atoms with E-state index in [1.165, 1.54) is 5.69 Å². The minimum absolute atomic E-state index is 0.180. The van der Waals surface area contributed by atoms with Crippen molar-refractivity contribution in [2.45, 2.75) is 6.54 Å². The number of amides is 1. The van der Waals surface area contributed by atoms with Gasteiger partial charge in [-0.2, -0.15) is 0 Å². The molecule has 3 rings (SSSR count). The fourth-order valence-corrected chi connectivity index (χ4v) is 3.48. The summed E-state index contributed by atoms with van der Waals surface area (Å²) in [4.78, 5) is 19.0. The minimum Gasteiger partial charge on any atom is -0.497 e. The molecule has 1 aliphatic heterocycles. The molecule has 1 amide bonds. The summed E-state index contributed by atoms with van der Waals surface area (Å²) < 4.78 is 10.5. The second-order valence-corrected chi connectivity index (χ2v) is 7.09. The number of rotatable bonds is 7. The fraction of sp³-hybridized carbons (Fsp3) is 0.409. The molecule has 1 heterocycles. The van der Waals surface area contributed by atoms with Gasteiger partial charge < -0.3 is 19.3 Å². The van der Waals surface area contributed by atoms with Gasteiger partial charge in [-0.3, -0.25) is 9.69 Å². The van der Waals surface area contributed by atoms with Crippen LogP contribution in [0.1, 0.15) is 5.56 Å². The highest BCUT2D eigenvalue weighted by molar-refractivity contribution is 5.78. The minimum atomic E-state index is 0.180. The highest BCUT2D eigenvalue weighted by Gasteiger charge is 2.22. The van der Waals surface area contributed by atoms with Gasteiger partial charge in [0.1, 0.15) is 11.5 Å². The lowest BCUT2D eigenvalue weighted by Crippen LogP contribution is -2.51. The Balaban J connectivity index is 1.47.